The Morgan fingerprint density at radius 3 is 2.81 bits per heavy atom. The van der Waals surface area contributed by atoms with Crippen LogP contribution in [0.5, 0.6) is 5.88 Å². The molecule has 2 aromatic carbocycles. The van der Waals surface area contributed by atoms with Crippen molar-refractivity contribution in [2.24, 2.45) is 0 Å². The van der Waals surface area contributed by atoms with Crippen molar-refractivity contribution in [3.05, 3.63) is 84.3 Å². The summed E-state index contributed by atoms with van der Waals surface area (Å²) in [5.74, 6) is 2.32. The maximum Gasteiger partial charge on any atom is 0.225 e. The van der Waals surface area contributed by atoms with Gasteiger partial charge in [-0.3, -0.25) is 0 Å². The Hall–Kier alpha value is -4.40. The van der Waals surface area contributed by atoms with E-state index >= 15 is 0 Å². The molecule has 0 aliphatic heterocycles. The monoisotopic (exact) mass is 426 g/mol. The van der Waals surface area contributed by atoms with Gasteiger partial charge in [-0.25, -0.2) is 15.1 Å². The van der Waals surface area contributed by atoms with E-state index in [0.29, 0.717) is 30.1 Å². The zero-order valence-electron chi connectivity index (χ0n) is 17.4. The quantitative estimate of drug-likeness (QED) is 0.287. The van der Waals surface area contributed by atoms with Crippen LogP contribution in [0.4, 0.5) is 17.6 Å². The lowest BCUT2D eigenvalue weighted by molar-refractivity contribution is 0.293. The molecule has 0 aliphatic carbocycles. The topological polar surface area (TPSA) is 116 Å². The number of hydrogen-bond acceptors (Lipinski definition) is 7. The van der Waals surface area contributed by atoms with Crippen molar-refractivity contribution in [2.45, 2.75) is 19.6 Å². The van der Waals surface area contributed by atoms with Gasteiger partial charge in [0.25, 0.3) is 0 Å². The first kappa shape index (κ1) is 19.6. The predicted molar refractivity (Wildman–Crippen MR) is 123 cm³/mol. The minimum Gasteiger partial charge on any atom is -0.473 e. The van der Waals surface area contributed by atoms with Gasteiger partial charge in [-0.05, 0) is 36.2 Å². The first-order chi connectivity index (χ1) is 15.7. The van der Waals surface area contributed by atoms with Crippen LogP contribution < -0.4 is 15.4 Å². The molecule has 0 bridgehead atoms. The van der Waals surface area contributed by atoms with E-state index in [1.54, 1.807) is 24.7 Å². The number of fused-ring (bicyclic) bond motifs is 1. The standard InChI is InChI=1S/C23H22N8O/c1-15(17-7-8-18-19(11-17)26-14-25-18)27-23-24-10-9-20(29-23)28-21-12-22(31-30-21)32-13-16-5-3-2-4-6-16/h2-12,14-15H,13H2,1H3,(H,25,26)(H3,24,27,28,29,30,31)/t15-/m0/s1. The lowest BCUT2D eigenvalue weighted by atomic mass is 10.1. The van der Waals surface area contributed by atoms with Crippen molar-refractivity contribution < 1.29 is 4.74 Å². The second-order valence-electron chi connectivity index (χ2n) is 7.33. The van der Waals surface area contributed by atoms with Crippen LogP contribution in [0, 0.1) is 0 Å². The molecule has 5 aromatic rings. The lowest BCUT2D eigenvalue weighted by Gasteiger charge is -2.14. The van der Waals surface area contributed by atoms with Gasteiger partial charge in [0.2, 0.25) is 11.8 Å². The Bertz CT molecular complexity index is 1310. The van der Waals surface area contributed by atoms with Gasteiger partial charge in [-0.2, -0.15) is 10.1 Å². The second-order valence-corrected chi connectivity index (χ2v) is 7.33. The molecule has 3 heterocycles. The molecule has 0 saturated heterocycles. The summed E-state index contributed by atoms with van der Waals surface area (Å²) in [4.78, 5) is 16.3. The molecule has 0 fully saturated rings. The highest BCUT2D eigenvalue weighted by atomic mass is 16.5. The molecule has 4 N–H and O–H groups in total. The lowest BCUT2D eigenvalue weighted by Crippen LogP contribution is -2.10. The highest BCUT2D eigenvalue weighted by Crippen LogP contribution is 2.22. The summed E-state index contributed by atoms with van der Waals surface area (Å²) >= 11 is 0. The van der Waals surface area contributed by atoms with Gasteiger partial charge in [0, 0.05) is 12.3 Å². The normalized spacial score (nSPS) is 11.9. The fourth-order valence-electron chi connectivity index (χ4n) is 3.30. The van der Waals surface area contributed by atoms with Crippen LogP contribution >= 0.6 is 0 Å². The number of nitrogens with one attached hydrogen (secondary N) is 4. The molecule has 32 heavy (non-hydrogen) atoms. The summed E-state index contributed by atoms with van der Waals surface area (Å²) in [5.41, 5.74) is 4.12. The number of imidazole rings is 1. The first-order valence-corrected chi connectivity index (χ1v) is 10.2. The number of ether oxygens (including phenoxy) is 1. The molecule has 0 radical (unpaired) electrons. The molecule has 0 unspecified atom stereocenters. The number of aromatic amines is 2. The van der Waals surface area contributed by atoms with Crippen LogP contribution in [0.15, 0.2) is 73.2 Å². The van der Waals surface area contributed by atoms with E-state index in [1.165, 1.54) is 0 Å². The minimum absolute atomic E-state index is 0.00900. The molecule has 1 atom stereocenters. The van der Waals surface area contributed by atoms with E-state index in [1.807, 2.05) is 42.5 Å². The van der Waals surface area contributed by atoms with Crippen molar-refractivity contribution in [1.29, 1.82) is 0 Å². The largest absolute Gasteiger partial charge is 0.473 e. The highest BCUT2D eigenvalue weighted by Gasteiger charge is 2.10. The first-order valence-electron chi connectivity index (χ1n) is 10.2. The van der Waals surface area contributed by atoms with Crippen LogP contribution in [0.2, 0.25) is 0 Å². The second kappa shape index (κ2) is 8.76. The summed E-state index contributed by atoms with van der Waals surface area (Å²) in [6, 6.07) is 19.7. The summed E-state index contributed by atoms with van der Waals surface area (Å²) in [7, 11) is 0. The van der Waals surface area contributed by atoms with Gasteiger partial charge < -0.3 is 20.4 Å². The van der Waals surface area contributed by atoms with Crippen molar-refractivity contribution in [2.75, 3.05) is 10.6 Å². The van der Waals surface area contributed by atoms with Crippen molar-refractivity contribution in [3.63, 3.8) is 0 Å². The Balaban J connectivity index is 1.22. The Morgan fingerprint density at radius 1 is 1.00 bits per heavy atom. The SMILES string of the molecule is C[C@H](Nc1nccc(Nc2cc(OCc3ccccc3)[nH]n2)n1)c1ccc2[nH]cnc2c1. The zero-order chi connectivity index (χ0) is 21.8. The van der Waals surface area contributed by atoms with Crippen molar-refractivity contribution in [1.82, 2.24) is 30.1 Å². The molecular formula is C23H22N8O. The Labute approximate surface area is 184 Å². The molecule has 0 spiro atoms. The van der Waals surface area contributed by atoms with Gasteiger partial charge in [0.1, 0.15) is 12.4 Å². The minimum atomic E-state index is 0.00900. The molecule has 3 aromatic heterocycles. The Kier molecular flexibility index (Phi) is 5.36. The summed E-state index contributed by atoms with van der Waals surface area (Å²) in [5, 5.41) is 13.6. The van der Waals surface area contributed by atoms with E-state index in [2.05, 4.69) is 53.8 Å². The average molecular weight is 426 g/mol. The summed E-state index contributed by atoms with van der Waals surface area (Å²) < 4.78 is 5.75. The molecular weight excluding hydrogens is 404 g/mol. The average Bonchev–Trinajstić information content (AvgIpc) is 3.47. The number of anilines is 3. The number of benzene rings is 2. The zero-order valence-corrected chi connectivity index (χ0v) is 17.4. The van der Waals surface area contributed by atoms with Gasteiger partial charge in [0.15, 0.2) is 5.82 Å². The van der Waals surface area contributed by atoms with E-state index in [-0.39, 0.29) is 6.04 Å². The third-order valence-corrected chi connectivity index (χ3v) is 4.99. The van der Waals surface area contributed by atoms with Gasteiger partial charge in [-0.15, -0.1) is 0 Å². The fraction of sp³-hybridized carbons (Fsp3) is 0.130. The molecule has 9 nitrogen and oxygen atoms in total. The highest BCUT2D eigenvalue weighted by molar-refractivity contribution is 5.75. The number of nitrogens with zero attached hydrogens (tertiary/aromatic N) is 4. The molecule has 160 valence electrons. The van der Waals surface area contributed by atoms with Crippen molar-refractivity contribution in [3.8, 4) is 5.88 Å². The molecule has 0 amide bonds. The van der Waals surface area contributed by atoms with Crippen LogP contribution in [-0.4, -0.2) is 30.1 Å². The maximum atomic E-state index is 5.75. The van der Waals surface area contributed by atoms with E-state index < -0.39 is 0 Å². The van der Waals surface area contributed by atoms with Crippen molar-refractivity contribution >= 4 is 28.6 Å². The molecule has 0 aliphatic rings. The van der Waals surface area contributed by atoms with E-state index in [9.17, 15) is 0 Å². The number of aromatic nitrogens is 6. The smallest absolute Gasteiger partial charge is 0.225 e. The van der Waals surface area contributed by atoms with E-state index in [0.717, 1.165) is 22.2 Å². The third kappa shape index (κ3) is 4.51. The number of hydrogen-bond donors (Lipinski definition) is 4. The van der Waals surface area contributed by atoms with Crippen LogP contribution in [0.25, 0.3) is 11.0 Å². The molecule has 5 rings (SSSR count). The Morgan fingerprint density at radius 2 is 1.91 bits per heavy atom. The maximum absolute atomic E-state index is 5.75. The van der Waals surface area contributed by atoms with Crippen LogP contribution in [0.1, 0.15) is 24.1 Å². The molecule has 0 saturated carbocycles. The third-order valence-electron chi connectivity index (χ3n) is 4.99. The fourth-order valence-corrected chi connectivity index (χ4v) is 3.30. The summed E-state index contributed by atoms with van der Waals surface area (Å²) in [6.07, 6.45) is 3.39. The number of rotatable bonds is 8. The van der Waals surface area contributed by atoms with Gasteiger partial charge >= 0.3 is 0 Å². The van der Waals surface area contributed by atoms with Gasteiger partial charge in [-0.1, -0.05) is 36.4 Å². The van der Waals surface area contributed by atoms with E-state index in [4.69, 9.17) is 4.74 Å². The number of H-pyrrole nitrogens is 2. The predicted octanol–water partition coefficient (Wildman–Crippen LogP) is 4.57. The summed E-state index contributed by atoms with van der Waals surface area (Å²) in [6.45, 7) is 2.52. The van der Waals surface area contributed by atoms with Crippen LogP contribution in [0.3, 0.4) is 0 Å². The molecule has 9 heteroatoms. The van der Waals surface area contributed by atoms with Crippen LogP contribution in [-0.2, 0) is 6.61 Å². The van der Waals surface area contributed by atoms with Gasteiger partial charge in [0.05, 0.1) is 23.4 Å².